The second kappa shape index (κ2) is 9.19. The number of nitrogens with zero attached hydrogens (tertiary/aromatic N) is 3. The van der Waals surface area contributed by atoms with Crippen LogP contribution < -0.4 is 5.32 Å². The van der Waals surface area contributed by atoms with Crippen LogP contribution in [0.1, 0.15) is 28.9 Å². The van der Waals surface area contributed by atoms with Crippen molar-refractivity contribution in [1.29, 1.82) is 0 Å². The van der Waals surface area contributed by atoms with Crippen molar-refractivity contribution in [3.8, 4) is 0 Å². The molecule has 8 heteroatoms. The number of carbonyl (C=O) groups excluding carboxylic acids is 2. The predicted molar refractivity (Wildman–Crippen MR) is 106 cm³/mol. The van der Waals surface area contributed by atoms with Crippen LogP contribution in [-0.2, 0) is 11.2 Å². The Morgan fingerprint density at radius 1 is 1.26 bits per heavy atom. The van der Waals surface area contributed by atoms with E-state index in [0.717, 1.165) is 31.5 Å². The molecule has 0 spiro atoms. The average Bonchev–Trinajstić information content (AvgIpc) is 3.23. The number of aromatic nitrogens is 2. The van der Waals surface area contributed by atoms with Gasteiger partial charge in [0.05, 0.1) is 11.2 Å². The lowest BCUT2D eigenvalue weighted by Crippen LogP contribution is -2.49. The molecule has 1 aromatic heterocycles. The fourth-order valence-electron chi connectivity index (χ4n) is 3.04. The van der Waals surface area contributed by atoms with Crippen LogP contribution in [0.15, 0.2) is 41.7 Å². The van der Waals surface area contributed by atoms with Gasteiger partial charge in [0.1, 0.15) is 6.04 Å². The standard InChI is InChI=1S/C19H21ClN4O2S/c1-27-19-21-12-14(20)16(23-19)17(25)22-15(11-13-7-3-2-4-8-13)18(26)24-9-5-6-10-24/h2-4,7-8,12,15H,5-6,9-11H2,1H3,(H,22,25)/t15-/m1/s1. The summed E-state index contributed by atoms with van der Waals surface area (Å²) in [6.07, 6.45) is 5.63. The lowest BCUT2D eigenvalue weighted by molar-refractivity contribution is -0.132. The third kappa shape index (κ3) is 4.99. The highest BCUT2D eigenvalue weighted by Crippen LogP contribution is 2.18. The molecule has 0 bridgehead atoms. The minimum absolute atomic E-state index is 0.0695. The molecule has 142 valence electrons. The van der Waals surface area contributed by atoms with E-state index in [-0.39, 0.29) is 16.6 Å². The fourth-order valence-corrected chi connectivity index (χ4v) is 3.56. The Kier molecular flexibility index (Phi) is 6.68. The van der Waals surface area contributed by atoms with E-state index >= 15 is 0 Å². The Labute approximate surface area is 167 Å². The summed E-state index contributed by atoms with van der Waals surface area (Å²) in [5.41, 5.74) is 1.07. The summed E-state index contributed by atoms with van der Waals surface area (Å²) in [5.74, 6) is -0.536. The van der Waals surface area contributed by atoms with Gasteiger partial charge in [-0.25, -0.2) is 9.97 Å². The van der Waals surface area contributed by atoms with Crippen LogP contribution in [0.4, 0.5) is 0 Å². The van der Waals surface area contributed by atoms with Crippen molar-refractivity contribution in [3.05, 3.63) is 52.8 Å². The first kappa shape index (κ1) is 19.6. The summed E-state index contributed by atoms with van der Waals surface area (Å²) in [4.78, 5) is 35.8. The smallest absolute Gasteiger partial charge is 0.272 e. The maximum atomic E-state index is 13.0. The molecule has 0 unspecified atom stereocenters. The molecule has 1 saturated heterocycles. The molecule has 6 nitrogen and oxygen atoms in total. The molecule has 3 rings (SSSR count). The first-order valence-corrected chi connectivity index (χ1v) is 10.4. The van der Waals surface area contributed by atoms with E-state index in [9.17, 15) is 9.59 Å². The number of likely N-dealkylation sites (tertiary alicyclic amines) is 1. The third-order valence-electron chi connectivity index (χ3n) is 4.42. The molecule has 1 aliphatic heterocycles. The highest BCUT2D eigenvalue weighted by atomic mass is 35.5. The molecule has 2 heterocycles. The van der Waals surface area contributed by atoms with E-state index < -0.39 is 11.9 Å². The maximum absolute atomic E-state index is 13.0. The molecule has 0 radical (unpaired) electrons. The average molecular weight is 405 g/mol. The molecule has 1 N–H and O–H groups in total. The number of carbonyl (C=O) groups is 2. The zero-order valence-corrected chi connectivity index (χ0v) is 16.6. The predicted octanol–water partition coefficient (Wildman–Crippen LogP) is 2.82. The van der Waals surface area contributed by atoms with Crippen LogP contribution >= 0.6 is 23.4 Å². The largest absolute Gasteiger partial charge is 0.341 e. The Bertz CT molecular complexity index is 813. The molecule has 2 aromatic rings. The topological polar surface area (TPSA) is 75.2 Å². The zero-order chi connectivity index (χ0) is 19.2. The zero-order valence-electron chi connectivity index (χ0n) is 15.0. The van der Waals surface area contributed by atoms with Crippen molar-refractivity contribution in [2.24, 2.45) is 0 Å². The highest BCUT2D eigenvalue weighted by Gasteiger charge is 2.29. The number of halogens is 1. The number of hydrogen-bond donors (Lipinski definition) is 1. The van der Waals surface area contributed by atoms with Crippen molar-refractivity contribution in [2.45, 2.75) is 30.5 Å². The summed E-state index contributed by atoms with van der Waals surface area (Å²) in [5, 5.41) is 3.45. The van der Waals surface area contributed by atoms with E-state index in [0.29, 0.717) is 11.6 Å². The van der Waals surface area contributed by atoms with Gasteiger partial charge in [-0.05, 0) is 24.7 Å². The first-order chi connectivity index (χ1) is 13.1. The number of hydrogen-bond acceptors (Lipinski definition) is 5. The van der Waals surface area contributed by atoms with Crippen LogP contribution in [-0.4, -0.2) is 52.1 Å². The Balaban J connectivity index is 1.81. The Hall–Kier alpha value is -2.12. The summed E-state index contributed by atoms with van der Waals surface area (Å²) < 4.78 is 0. The van der Waals surface area contributed by atoms with Gasteiger partial charge in [-0.15, -0.1) is 0 Å². The molecular formula is C19H21ClN4O2S. The van der Waals surface area contributed by atoms with E-state index in [1.807, 2.05) is 41.5 Å². The SMILES string of the molecule is CSc1ncc(Cl)c(C(=O)N[C@H](Cc2ccccc2)C(=O)N2CCCC2)n1. The van der Waals surface area contributed by atoms with Crippen molar-refractivity contribution in [3.63, 3.8) is 0 Å². The first-order valence-electron chi connectivity index (χ1n) is 8.78. The molecular weight excluding hydrogens is 384 g/mol. The molecule has 1 aliphatic rings. The highest BCUT2D eigenvalue weighted by molar-refractivity contribution is 7.98. The van der Waals surface area contributed by atoms with Gasteiger partial charge in [0, 0.05) is 19.5 Å². The monoisotopic (exact) mass is 404 g/mol. The van der Waals surface area contributed by atoms with Crippen molar-refractivity contribution >= 4 is 35.2 Å². The van der Waals surface area contributed by atoms with Crippen molar-refractivity contribution < 1.29 is 9.59 Å². The van der Waals surface area contributed by atoms with Crippen LogP contribution in [0.25, 0.3) is 0 Å². The van der Waals surface area contributed by atoms with E-state index in [1.54, 1.807) is 0 Å². The molecule has 1 aromatic carbocycles. The molecule has 0 saturated carbocycles. The normalized spacial score (nSPS) is 14.8. The number of benzene rings is 1. The number of amides is 2. The van der Waals surface area contributed by atoms with Crippen LogP contribution in [0.5, 0.6) is 0 Å². The summed E-state index contributed by atoms with van der Waals surface area (Å²) >= 11 is 7.43. The summed E-state index contributed by atoms with van der Waals surface area (Å²) in [7, 11) is 0. The quantitative estimate of drug-likeness (QED) is 0.591. The number of nitrogens with one attached hydrogen (secondary N) is 1. The van der Waals surface area contributed by atoms with Crippen molar-refractivity contribution in [2.75, 3.05) is 19.3 Å². The number of thioether (sulfide) groups is 1. The van der Waals surface area contributed by atoms with Crippen LogP contribution in [0.3, 0.4) is 0 Å². The Morgan fingerprint density at radius 2 is 1.96 bits per heavy atom. The van der Waals surface area contributed by atoms with Gasteiger partial charge in [-0.1, -0.05) is 53.7 Å². The van der Waals surface area contributed by atoms with Crippen LogP contribution in [0.2, 0.25) is 5.02 Å². The minimum Gasteiger partial charge on any atom is -0.341 e. The van der Waals surface area contributed by atoms with Gasteiger partial charge < -0.3 is 10.2 Å². The third-order valence-corrected chi connectivity index (χ3v) is 5.26. The fraction of sp³-hybridized carbons (Fsp3) is 0.368. The van der Waals surface area contributed by atoms with Crippen LogP contribution in [0, 0.1) is 0 Å². The molecule has 1 fully saturated rings. The molecule has 1 atom stereocenters. The van der Waals surface area contributed by atoms with Gasteiger partial charge >= 0.3 is 0 Å². The van der Waals surface area contributed by atoms with Gasteiger partial charge in [0.15, 0.2) is 10.9 Å². The van der Waals surface area contributed by atoms with E-state index in [1.165, 1.54) is 18.0 Å². The summed E-state index contributed by atoms with van der Waals surface area (Å²) in [6.45, 7) is 1.45. The van der Waals surface area contributed by atoms with Gasteiger partial charge in [0.2, 0.25) is 5.91 Å². The minimum atomic E-state index is -0.665. The lowest BCUT2D eigenvalue weighted by atomic mass is 10.0. The lowest BCUT2D eigenvalue weighted by Gasteiger charge is -2.24. The maximum Gasteiger partial charge on any atom is 0.272 e. The molecule has 0 aliphatic carbocycles. The van der Waals surface area contributed by atoms with Gasteiger partial charge in [-0.3, -0.25) is 9.59 Å². The number of rotatable bonds is 6. The van der Waals surface area contributed by atoms with Crippen molar-refractivity contribution in [1.82, 2.24) is 20.2 Å². The summed E-state index contributed by atoms with van der Waals surface area (Å²) in [6, 6.07) is 8.98. The van der Waals surface area contributed by atoms with E-state index in [2.05, 4.69) is 15.3 Å². The second-order valence-corrected chi connectivity index (χ2v) is 7.48. The molecule has 27 heavy (non-hydrogen) atoms. The van der Waals surface area contributed by atoms with Gasteiger partial charge in [-0.2, -0.15) is 0 Å². The van der Waals surface area contributed by atoms with E-state index in [4.69, 9.17) is 11.6 Å². The Morgan fingerprint density at radius 3 is 2.63 bits per heavy atom. The molecule has 2 amide bonds. The van der Waals surface area contributed by atoms with Gasteiger partial charge in [0.25, 0.3) is 5.91 Å². The second-order valence-electron chi connectivity index (χ2n) is 6.30.